The van der Waals surface area contributed by atoms with E-state index in [0.29, 0.717) is 22.9 Å². The maximum absolute atomic E-state index is 12.3. The summed E-state index contributed by atoms with van der Waals surface area (Å²) < 4.78 is 0. The molecule has 2 aliphatic rings. The lowest BCUT2D eigenvalue weighted by molar-refractivity contribution is -0.125. The van der Waals surface area contributed by atoms with Crippen LogP contribution in [0.4, 0.5) is 0 Å². The molecule has 86 valence electrons. The molecule has 1 aliphatic heterocycles. The molecule has 1 aliphatic carbocycles. The molecular formula is C13H22OS. The molecule has 2 fully saturated rings. The number of carbonyl (C=O) groups excluding carboxylic acids is 1. The van der Waals surface area contributed by atoms with Gasteiger partial charge >= 0.3 is 0 Å². The first-order chi connectivity index (χ1) is 7.33. The van der Waals surface area contributed by atoms with Crippen molar-refractivity contribution >= 4 is 17.5 Å². The molecule has 1 heterocycles. The van der Waals surface area contributed by atoms with Crippen molar-refractivity contribution in [2.45, 2.75) is 57.1 Å². The fraction of sp³-hybridized carbons (Fsp3) is 0.923. The Morgan fingerprint density at radius 2 is 2.00 bits per heavy atom. The fourth-order valence-electron chi connectivity index (χ4n) is 3.11. The molecule has 1 saturated heterocycles. The van der Waals surface area contributed by atoms with Crippen molar-refractivity contribution in [2.24, 2.45) is 11.8 Å². The molecule has 0 aromatic heterocycles. The highest BCUT2D eigenvalue weighted by Gasteiger charge is 2.35. The minimum absolute atomic E-state index is 0.363. The number of Topliss-reactive ketones (excluding diaryl/α,β-unsaturated/α-hetero) is 1. The van der Waals surface area contributed by atoms with Crippen LogP contribution >= 0.6 is 11.8 Å². The summed E-state index contributed by atoms with van der Waals surface area (Å²) in [6, 6.07) is 0. The molecule has 0 spiro atoms. The third-order valence-corrected chi connectivity index (χ3v) is 5.44. The van der Waals surface area contributed by atoms with Crippen LogP contribution in [0.3, 0.4) is 0 Å². The number of ketones is 1. The Bertz CT molecular complexity index is 221. The smallest absolute Gasteiger partial charge is 0.149 e. The highest BCUT2D eigenvalue weighted by molar-refractivity contribution is 8.00. The average molecular weight is 226 g/mol. The molecule has 1 saturated carbocycles. The first kappa shape index (κ1) is 11.5. The fourth-order valence-corrected chi connectivity index (χ4v) is 4.40. The lowest BCUT2D eigenvalue weighted by Gasteiger charge is -2.31. The van der Waals surface area contributed by atoms with Gasteiger partial charge in [0.25, 0.3) is 0 Å². The zero-order chi connectivity index (χ0) is 10.7. The van der Waals surface area contributed by atoms with E-state index in [2.05, 4.69) is 6.92 Å². The summed E-state index contributed by atoms with van der Waals surface area (Å²) in [5.41, 5.74) is 0. The molecule has 3 atom stereocenters. The molecule has 0 aromatic carbocycles. The van der Waals surface area contributed by atoms with Gasteiger partial charge in [-0.25, -0.2) is 0 Å². The van der Waals surface area contributed by atoms with Crippen molar-refractivity contribution in [1.29, 1.82) is 0 Å². The SMILES string of the molecule is CCC1CCCCC1C(=O)C1CCCS1. The van der Waals surface area contributed by atoms with Gasteiger partial charge in [-0.05, 0) is 37.4 Å². The number of hydrogen-bond donors (Lipinski definition) is 0. The highest BCUT2D eigenvalue weighted by Crippen LogP contribution is 2.37. The Morgan fingerprint density at radius 1 is 1.20 bits per heavy atom. The summed E-state index contributed by atoms with van der Waals surface area (Å²) in [5, 5.41) is 0.363. The highest BCUT2D eigenvalue weighted by atomic mass is 32.2. The second-order valence-corrected chi connectivity index (χ2v) is 6.27. The minimum atomic E-state index is 0.363. The van der Waals surface area contributed by atoms with Gasteiger partial charge in [-0.1, -0.05) is 26.2 Å². The van der Waals surface area contributed by atoms with Crippen molar-refractivity contribution in [2.75, 3.05) is 5.75 Å². The molecule has 0 amide bonds. The Hall–Kier alpha value is 0.0200. The van der Waals surface area contributed by atoms with E-state index in [1.807, 2.05) is 11.8 Å². The van der Waals surface area contributed by atoms with E-state index in [4.69, 9.17) is 0 Å². The van der Waals surface area contributed by atoms with Crippen LogP contribution in [-0.2, 0) is 4.79 Å². The second kappa shape index (κ2) is 5.38. The summed E-state index contributed by atoms with van der Waals surface area (Å²) >= 11 is 1.91. The van der Waals surface area contributed by atoms with E-state index in [1.165, 1.54) is 44.3 Å². The average Bonchev–Trinajstić information content (AvgIpc) is 2.81. The van der Waals surface area contributed by atoms with Gasteiger partial charge in [-0.3, -0.25) is 4.79 Å². The van der Waals surface area contributed by atoms with Crippen LogP contribution in [0.15, 0.2) is 0 Å². The molecule has 0 bridgehead atoms. The van der Waals surface area contributed by atoms with Gasteiger partial charge in [-0.2, -0.15) is 11.8 Å². The molecule has 0 aromatic rings. The van der Waals surface area contributed by atoms with Crippen molar-refractivity contribution in [1.82, 2.24) is 0 Å². The Morgan fingerprint density at radius 3 is 2.67 bits per heavy atom. The predicted molar refractivity (Wildman–Crippen MR) is 66.2 cm³/mol. The van der Waals surface area contributed by atoms with Gasteiger partial charge in [-0.15, -0.1) is 0 Å². The van der Waals surface area contributed by atoms with Crippen molar-refractivity contribution in [3.63, 3.8) is 0 Å². The molecule has 2 heteroatoms. The molecule has 1 nitrogen and oxygen atoms in total. The first-order valence-electron chi connectivity index (χ1n) is 6.48. The van der Waals surface area contributed by atoms with E-state index >= 15 is 0 Å². The third-order valence-electron chi connectivity index (χ3n) is 4.05. The van der Waals surface area contributed by atoms with Crippen molar-refractivity contribution in [3.8, 4) is 0 Å². The summed E-state index contributed by atoms with van der Waals surface area (Å²) in [7, 11) is 0. The van der Waals surface area contributed by atoms with Crippen LogP contribution in [0.5, 0.6) is 0 Å². The maximum Gasteiger partial charge on any atom is 0.149 e. The van der Waals surface area contributed by atoms with E-state index in [-0.39, 0.29) is 0 Å². The minimum Gasteiger partial charge on any atom is -0.298 e. The number of thioether (sulfide) groups is 1. The van der Waals surface area contributed by atoms with Crippen LogP contribution < -0.4 is 0 Å². The zero-order valence-electron chi connectivity index (χ0n) is 9.71. The van der Waals surface area contributed by atoms with E-state index in [0.717, 1.165) is 6.42 Å². The predicted octanol–water partition coefficient (Wildman–Crippen LogP) is 3.67. The molecule has 15 heavy (non-hydrogen) atoms. The number of hydrogen-bond acceptors (Lipinski definition) is 2. The van der Waals surface area contributed by atoms with Gasteiger partial charge in [0.2, 0.25) is 0 Å². The topological polar surface area (TPSA) is 17.1 Å². The summed E-state index contributed by atoms with van der Waals surface area (Å²) in [6.45, 7) is 2.25. The summed E-state index contributed by atoms with van der Waals surface area (Å²) in [4.78, 5) is 12.3. The van der Waals surface area contributed by atoms with E-state index < -0.39 is 0 Å². The van der Waals surface area contributed by atoms with Crippen LogP contribution in [-0.4, -0.2) is 16.8 Å². The van der Waals surface area contributed by atoms with Crippen LogP contribution in [0.2, 0.25) is 0 Å². The normalized spacial score (nSPS) is 36.7. The summed E-state index contributed by atoms with van der Waals surface area (Å²) in [5.74, 6) is 2.93. The second-order valence-electron chi connectivity index (χ2n) is 4.96. The quantitative estimate of drug-likeness (QED) is 0.730. The molecule has 0 radical (unpaired) electrons. The third kappa shape index (κ3) is 2.58. The van der Waals surface area contributed by atoms with Crippen molar-refractivity contribution < 1.29 is 4.79 Å². The Kier molecular flexibility index (Phi) is 4.13. The maximum atomic E-state index is 12.3. The van der Waals surface area contributed by atoms with Gasteiger partial charge in [0.05, 0.1) is 5.25 Å². The zero-order valence-corrected chi connectivity index (χ0v) is 10.5. The monoisotopic (exact) mass is 226 g/mol. The lowest BCUT2D eigenvalue weighted by Crippen LogP contribution is -2.32. The lowest BCUT2D eigenvalue weighted by atomic mass is 9.75. The molecule has 3 unspecified atom stereocenters. The molecular weight excluding hydrogens is 204 g/mol. The Labute approximate surface area is 97.4 Å². The first-order valence-corrected chi connectivity index (χ1v) is 7.53. The van der Waals surface area contributed by atoms with Crippen LogP contribution in [0, 0.1) is 11.8 Å². The number of carbonyl (C=O) groups is 1. The standard InChI is InChI=1S/C13H22OS/c1-2-10-6-3-4-7-11(10)13(14)12-8-5-9-15-12/h10-12H,2-9H2,1H3. The van der Waals surface area contributed by atoms with Crippen LogP contribution in [0.1, 0.15) is 51.9 Å². The molecule has 0 N–H and O–H groups in total. The van der Waals surface area contributed by atoms with Gasteiger partial charge in [0.15, 0.2) is 0 Å². The van der Waals surface area contributed by atoms with E-state index in [9.17, 15) is 4.79 Å². The van der Waals surface area contributed by atoms with Gasteiger partial charge < -0.3 is 0 Å². The number of rotatable bonds is 3. The van der Waals surface area contributed by atoms with Crippen molar-refractivity contribution in [3.05, 3.63) is 0 Å². The van der Waals surface area contributed by atoms with Crippen LogP contribution in [0.25, 0.3) is 0 Å². The Balaban J connectivity index is 1.96. The van der Waals surface area contributed by atoms with E-state index in [1.54, 1.807) is 0 Å². The molecule has 2 rings (SSSR count). The van der Waals surface area contributed by atoms with Gasteiger partial charge in [0, 0.05) is 5.92 Å². The largest absolute Gasteiger partial charge is 0.298 e. The van der Waals surface area contributed by atoms with Gasteiger partial charge in [0.1, 0.15) is 5.78 Å². The summed E-state index contributed by atoms with van der Waals surface area (Å²) in [6.07, 6.45) is 8.71.